The van der Waals surface area contributed by atoms with E-state index in [9.17, 15) is 13.2 Å². The molecule has 1 unspecified atom stereocenters. The highest BCUT2D eigenvalue weighted by molar-refractivity contribution is 7.91. The van der Waals surface area contributed by atoms with Crippen molar-refractivity contribution in [2.24, 2.45) is 0 Å². The largest absolute Gasteiger partial charge is 0.465 e. The van der Waals surface area contributed by atoms with Crippen LogP contribution in [0.3, 0.4) is 0 Å². The molecular weight excluding hydrogens is 372 g/mol. The second-order valence-electron chi connectivity index (χ2n) is 6.04. The van der Waals surface area contributed by atoms with E-state index in [2.05, 4.69) is 17.0 Å². The average molecular weight is 395 g/mol. The molecule has 0 saturated carbocycles. The van der Waals surface area contributed by atoms with E-state index in [1.54, 1.807) is 0 Å². The predicted molar refractivity (Wildman–Crippen MR) is 101 cm³/mol. The van der Waals surface area contributed by atoms with Gasteiger partial charge in [-0.05, 0) is 29.7 Å². The first-order valence-electron chi connectivity index (χ1n) is 8.47. The van der Waals surface area contributed by atoms with Crippen LogP contribution in [0.2, 0.25) is 0 Å². The topological polar surface area (TPSA) is 75.7 Å². The summed E-state index contributed by atoms with van der Waals surface area (Å²) in [6.45, 7) is 3.62. The molecule has 0 aliphatic carbocycles. The number of methoxy groups -OCH3 is 1. The highest BCUT2D eigenvalue weighted by atomic mass is 32.2. The molecule has 1 N–H and O–H groups in total. The Kier molecular flexibility index (Phi) is 5.76. The van der Waals surface area contributed by atoms with Gasteiger partial charge in [0, 0.05) is 19.6 Å². The van der Waals surface area contributed by atoms with Gasteiger partial charge in [0.25, 0.3) is 10.0 Å². The first-order chi connectivity index (χ1) is 12.5. The number of thiophene rings is 1. The van der Waals surface area contributed by atoms with Gasteiger partial charge >= 0.3 is 5.97 Å². The van der Waals surface area contributed by atoms with E-state index in [-0.39, 0.29) is 15.1 Å². The van der Waals surface area contributed by atoms with Crippen LogP contribution in [0.4, 0.5) is 0 Å². The number of aryl methyl sites for hydroxylation is 1. The van der Waals surface area contributed by atoms with Gasteiger partial charge in [-0.2, -0.15) is 4.31 Å². The molecule has 2 heterocycles. The van der Waals surface area contributed by atoms with E-state index >= 15 is 0 Å². The predicted octanol–water partition coefficient (Wildman–Crippen LogP) is 2.43. The second kappa shape index (κ2) is 7.87. The van der Waals surface area contributed by atoms with Crippen molar-refractivity contribution in [3.8, 4) is 0 Å². The molecule has 6 nitrogen and oxygen atoms in total. The van der Waals surface area contributed by atoms with E-state index < -0.39 is 16.0 Å². The normalized spacial score (nSPS) is 18.6. The van der Waals surface area contributed by atoms with Gasteiger partial charge in [0.05, 0.1) is 13.2 Å². The highest BCUT2D eigenvalue weighted by Crippen LogP contribution is 2.32. The molecule has 1 aliphatic heterocycles. The van der Waals surface area contributed by atoms with Crippen LogP contribution in [0.1, 0.15) is 33.8 Å². The molecule has 0 spiro atoms. The van der Waals surface area contributed by atoms with Gasteiger partial charge in [-0.15, -0.1) is 11.3 Å². The lowest BCUT2D eigenvalue weighted by Crippen LogP contribution is -2.48. The minimum Gasteiger partial charge on any atom is -0.465 e. The van der Waals surface area contributed by atoms with E-state index in [1.807, 2.05) is 24.3 Å². The van der Waals surface area contributed by atoms with Crippen LogP contribution in [-0.4, -0.2) is 45.4 Å². The summed E-state index contributed by atoms with van der Waals surface area (Å²) in [7, 11) is -2.41. The van der Waals surface area contributed by atoms with Crippen molar-refractivity contribution in [1.82, 2.24) is 9.62 Å². The first-order valence-corrected chi connectivity index (χ1v) is 10.7. The molecule has 0 radical (unpaired) electrons. The summed E-state index contributed by atoms with van der Waals surface area (Å²) < 4.78 is 32.7. The number of hydrogen-bond acceptors (Lipinski definition) is 6. The Hall–Kier alpha value is -1.74. The number of carbonyl (C=O) groups excluding carboxylic acids is 1. The van der Waals surface area contributed by atoms with Gasteiger partial charge in [0.2, 0.25) is 0 Å². The van der Waals surface area contributed by atoms with Crippen molar-refractivity contribution in [3.63, 3.8) is 0 Å². The van der Waals surface area contributed by atoms with Crippen molar-refractivity contribution in [2.75, 3.05) is 26.7 Å². The molecule has 1 aromatic heterocycles. The maximum absolute atomic E-state index is 13.2. The second-order valence-corrected chi connectivity index (χ2v) is 9.24. The van der Waals surface area contributed by atoms with Crippen LogP contribution in [0.25, 0.3) is 0 Å². The smallest absolute Gasteiger partial charge is 0.348 e. The summed E-state index contributed by atoms with van der Waals surface area (Å²) in [6, 6.07) is 10.8. The summed E-state index contributed by atoms with van der Waals surface area (Å²) >= 11 is 0.945. The Balaban J connectivity index is 1.92. The third-order valence-corrected chi connectivity index (χ3v) is 7.94. The maximum Gasteiger partial charge on any atom is 0.348 e. The van der Waals surface area contributed by atoms with Gasteiger partial charge in [-0.25, -0.2) is 13.2 Å². The van der Waals surface area contributed by atoms with Gasteiger partial charge < -0.3 is 10.1 Å². The Labute approximate surface area is 157 Å². The number of hydrogen-bond donors (Lipinski definition) is 1. The van der Waals surface area contributed by atoms with Gasteiger partial charge in [0.1, 0.15) is 9.09 Å². The minimum absolute atomic E-state index is 0.162. The number of carbonyl (C=O) groups is 1. The molecule has 3 rings (SSSR count). The van der Waals surface area contributed by atoms with Crippen molar-refractivity contribution in [1.29, 1.82) is 0 Å². The molecule has 1 aromatic carbocycles. The fraction of sp³-hybridized carbons (Fsp3) is 0.389. The molecule has 140 valence electrons. The summed E-state index contributed by atoms with van der Waals surface area (Å²) in [5.41, 5.74) is 2.18. The number of sulfonamides is 1. The number of piperazine rings is 1. The van der Waals surface area contributed by atoms with Crippen LogP contribution in [0, 0.1) is 0 Å². The molecule has 1 aliphatic rings. The van der Waals surface area contributed by atoms with E-state index in [4.69, 9.17) is 0 Å². The molecule has 26 heavy (non-hydrogen) atoms. The van der Waals surface area contributed by atoms with Crippen molar-refractivity contribution in [3.05, 3.63) is 52.4 Å². The Morgan fingerprint density at radius 2 is 2.00 bits per heavy atom. The van der Waals surface area contributed by atoms with Gasteiger partial charge in [-0.3, -0.25) is 0 Å². The van der Waals surface area contributed by atoms with Gasteiger partial charge in [0.15, 0.2) is 0 Å². The van der Waals surface area contributed by atoms with Crippen LogP contribution < -0.4 is 5.32 Å². The molecule has 0 bridgehead atoms. The van der Waals surface area contributed by atoms with E-state index in [1.165, 1.54) is 29.1 Å². The summed E-state index contributed by atoms with van der Waals surface area (Å²) in [5, 5.41) is 3.27. The Morgan fingerprint density at radius 3 is 2.65 bits per heavy atom. The fourth-order valence-electron chi connectivity index (χ4n) is 3.02. The monoisotopic (exact) mass is 394 g/mol. The zero-order valence-corrected chi connectivity index (χ0v) is 16.4. The quantitative estimate of drug-likeness (QED) is 0.789. The number of nitrogens with one attached hydrogen (secondary N) is 1. The number of rotatable bonds is 5. The number of nitrogens with zero attached hydrogens (tertiary/aromatic N) is 1. The standard InChI is InChI=1S/C18H22N2O4S2/c1-3-13-4-6-14(7-5-13)15-12-19-10-11-20(15)26(22,23)17-9-8-16(25-17)18(21)24-2/h4-9,15,19H,3,10-12H2,1-2H3. The van der Waals surface area contributed by atoms with Crippen molar-refractivity contribution in [2.45, 2.75) is 23.6 Å². The lowest BCUT2D eigenvalue weighted by atomic mass is 10.0. The molecule has 8 heteroatoms. The van der Waals surface area contributed by atoms with Crippen LogP contribution in [-0.2, 0) is 21.2 Å². The average Bonchev–Trinajstić information content (AvgIpc) is 3.18. The molecule has 1 fully saturated rings. The number of benzene rings is 1. The Bertz CT molecular complexity index is 875. The highest BCUT2D eigenvalue weighted by Gasteiger charge is 2.35. The zero-order chi connectivity index (χ0) is 18.7. The first kappa shape index (κ1) is 19.0. The van der Waals surface area contributed by atoms with E-state index in [0.717, 1.165) is 23.3 Å². The summed E-state index contributed by atoms with van der Waals surface area (Å²) in [6.07, 6.45) is 0.941. The van der Waals surface area contributed by atoms with Crippen molar-refractivity contribution < 1.29 is 17.9 Å². The number of esters is 1. The van der Waals surface area contributed by atoms with Crippen LogP contribution in [0.5, 0.6) is 0 Å². The fourth-order valence-corrected chi connectivity index (χ4v) is 5.99. The lowest BCUT2D eigenvalue weighted by Gasteiger charge is -2.35. The summed E-state index contributed by atoms with van der Waals surface area (Å²) in [5.74, 6) is -0.525. The summed E-state index contributed by atoms with van der Waals surface area (Å²) in [4.78, 5) is 11.9. The number of ether oxygens (including phenoxy) is 1. The lowest BCUT2D eigenvalue weighted by molar-refractivity contribution is 0.0606. The van der Waals surface area contributed by atoms with Crippen molar-refractivity contribution >= 4 is 27.3 Å². The molecule has 2 aromatic rings. The van der Waals surface area contributed by atoms with Gasteiger partial charge in [-0.1, -0.05) is 31.2 Å². The SMILES string of the molecule is CCc1ccc(C2CNCCN2S(=O)(=O)c2ccc(C(=O)OC)s2)cc1. The maximum atomic E-state index is 13.2. The zero-order valence-electron chi connectivity index (χ0n) is 14.8. The third-order valence-electron chi connectivity index (χ3n) is 4.50. The molecular formula is C18H22N2O4S2. The molecule has 1 saturated heterocycles. The minimum atomic E-state index is -3.69. The van der Waals surface area contributed by atoms with Crippen LogP contribution >= 0.6 is 11.3 Å². The molecule has 1 atom stereocenters. The molecule has 0 amide bonds. The van der Waals surface area contributed by atoms with Crippen LogP contribution in [0.15, 0.2) is 40.6 Å². The van der Waals surface area contributed by atoms with E-state index in [0.29, 0.717) is 19.6 Å². The third kappa shape index (κ3) is 3.68. The Morgan fingerprint density at radius 1 is 1.27 bits per heavy atom.